The van der Waals surface area contributed by atoms with E-state index in [-0.39, 0.29) is 18.0 Å². The number of amides is 2. The van der Waals surface area contributed by atoms with Crippen LogP contribution in [0.1, 0.15) is 37.6 Å². The summed E-state index contributed by atoms with van der Waals surface area (Å²) in [6.45, 7) is 7.57. The number of carbonyl (C=O) groups excluding carboxylic acids is 1. The van der Waals surface area contributed by atoms with E-state index in [1.165, 1.54) is 11.5 Å². The van der Waals surface area contributed by atoms with Crippen LogP contribution in [-0.2, 0) is 0 Å². The number of urea groups is 1. The number of aromatic nitrogens is 2. The van der Waals surface area contributed by atoms with Crippen LogP contribution in [0.4, 0.5) is 9.80 Å². The SMILES string of the molecule is COc1ccc([C@@H]2CN(CC(C)(C)O)CC[C@H]2NC(=O)Nc2cc(C)ns2)nc1. The molecule has 29 heavy (non-hydrogen) atoms. The molecule has 158 valence electrons. The van der Waals surface area contributed by atoms with E-state index in [1.54, 1.807) is 13.3 Å². The van der Waals surface area contributed by atoms with Crippen LogP contribution in [-0.4, -0.2) is 63.8 Å². The summed E-state index contributed by atoms with van der Waals surface area (Å²) in [5.74, 6) is 0.701. The molecule has 0 radical (unpaired) electrons. The molecule has 3 rings (SSSR count). The van der Waals surface area contributed by atoms with Gasteiger partial charge in [-0.2, -0.15) is 4.37 Å². The third-order valence-corrected chi connectivity index (χ3v) is 5.66. The number of methoxy groups -OCH3 is 1. The first-order chi connectivity index (χ1) is 13.7. The van der Waals surface area contributed by atoms with Crippen molar-refractivity contribution in [1.29, 1.82) is 0 Å². The van der Waals surface area contributed by atoms with Gasteiger partial charge in [0.25, 0.3) is 0 Å². The Morgan fingerprint density at radius 2 is 2.24 bits per heavy atom. The van der Waals surface area contributed by atoms with Crippen molar-refractivity contribution < 1.29 is 14.6 Å². The molecule has 0 spiro atoms. The maximum atomic E-state index is 12.5. The largest absolute Gasteiger partial charge is 0.495 e. The van der Waals surface area contributed by atoms with Crippen molar-refractivity contribution in [2.45, 2.75) is 44.8 Å². The fraction of sp³-hybridized carbons (Fsp3) is 0.550. The standard InChI is InChI=1S/C20H29N5O3S/c1-13-9-18(29-24-13)23-19(26)22-17-7-8-25(12-20(2,3)27)11-15(17)16-6-5-14(28-4)10-21-16/h5-6,9-10,15,17,27H,7-8,11-12H2,1-4H3,(H2,22,23,26)/t15-,17+/m0/s1. The van der Waals surface area contributed by atoms with Crippen molar-refractivity contribution in [3.63, 3.8) is 0 Å². The highest BCUT2D eigenvalue weighted by atomic mass is 32.1. The molecule has 0 unspecified atom stereocenters. The van der Waals surface area contributed by atoms with Gasteiger partial charge < -0.3 is 15.2 Å². The van der Waals surface area contributed by atoms with E-state index in [9.17, 15) is 9.90 Å². The van der Waals surface area contributed by atoms with Gasteiger partial charge in [0, 0.05) is 37.3 Å². The first-order valence-electron chi connectivity index (χ1n) is 9.69. The average Bonchev–Trinajstić information content (AvgIpc) is 3.06. The summed E-state index contributed by atoms with van der Waals surface area (Å²) < 4.78 is 9.40. The number of hydrogen-bond acceptors (Lipinski definition) is 7. The number of pyridine rings is 1. The molecule has 0 saturated carbocycles. The molecule has 9 heteroatoms. The number of aryl methyl sites for hydroxylation is 1. The zero-order valence-corrected chi connectivity index (χ0v) is 18.1. The predicted octanol–water partition coefficient (Wildman–Crippen LogP) is 2.61. The van der Waals surface area contributed by atoms with Gasteiger partial charge in [-0.15, -0.1) is 0 Å². The lowest BCUT2D eigenvalue weighted by atomic mass is 9.88. The van der Waals surface area contributed by atoms with E-state index in [1.807, 2.05) is 39.0 Å². The average molecular weight is 420 g/mol. The number of β-amino-alcohol motifs (C(OH)–C–C–N with tert-alkyl or cyclic N) is 1. The van der Waals surface area contributed by atoms with Gasteiger partial charge in [-0.3, -0.25) is 15.2 Å². The Morgan fingerprint density at radius 1 is 1.45 bits per heavy atom. The van der Waals surface area contributed by atoms with Gasteiger partial charge in [-0.25, -0.2) is 4.79 Å². The summed E-state index contributed by atoms with van der Waals surface area (Å²) in [6, 6.07) is 5.36. The zero-order chi connectivity index (χ0) is 21.0. The molecule has 8 nitrogen and oxygen atoms in total. The molecule has 2 amide bonds. The van der Waals surface area contributed by atoms with Crippen LogP contribution in [0.25, 0.3) is 0 Å². The van der Waals surface area contributed by atoms with Gasteiger partial charge in [0.2, 0.25) is 0 Å². The Kier molecular flexibility index (Phi) is 6.71. The summed E-state index contributed by atoms with van der Waals surface area (Å²) in [5, 5.41) is 16.9. The summed E-state index contributed by atoms with van der Waals surface area (Å²) in [5.41, 5.74) is 0.996. The van der Waals surface area contributed by atoms with Crippen LogP contribution in [0.3, 0.4) is 0 Å². The summed E-state index contributed by atoms with van der Waals surface area (Å²) in [7, 11) is 1.61. The second kappa shape index (κ2) is 9.06. The number of nitrogens with zero attached hydrogens (tertiary/aromatic N) is 3. The van der Waals surface area contributed by atoms with E-state index in [2.05, 4.69) is 24.9 Å². The molecule has 1 aliphatic heterocycles. The van der Waals surface area contributed by atoms with Gasteiger partial charge in [0.05, 0.1) is 24.6 Å². The number of nitrogens with one attached hydrogen (secondary N) is 2. The molecule has 0 bridgehead atoms. The number of aliphatic hydroxyl groups is 1. The lowest BCUT2D eigenvalue weighted by Crippen LogP contribution is -2.53. The van der Waals surface area contributed by atoms with Crippen molar-refractivity contribution in [2.75, 3.05) is 32.1 Å². The second-order valence-corrected chi connectivity index (χ2v) is 8.91. The minimum Gasteiger partial charge on any atom is -0.495 e. The highest BCUT2D eigenvalue weighted by molar-refractivity contribution is 7.10. The predicted molar refractivity (Wildman–Crippen MR) is 114 cm³/mol. The van der Waals surface area contributed by atoms with Crippen LogP contribution >= 0.6 is 11.5 Å². The molecule has 1 fully saturated rings. The first kappa shape index (κ1) is 21.5. The van der Waals surface area contributed by atoms with Gasteiger partial charge in [-0.1, -0.05) is 0 Å². The van der Waals surface area contributed by atoms with Crippen LogP contribution in [0.15, 0.2) is 24.4 Å². The number of ether oxygens (including phenoxy) is 1. The minimum atomic E-state index is -0.778. The van der Waals surface area contributed by atoms with Crippen molar-refractivity contribution in [2.24, 2.45) is 0 Å². The van der Waals surface area contributed by atoms with E-state index in [0.29, 0.717) is 18.8 Å². The first-order valence-corrected chi connectivity index (χ1v) is 10.5. The van der Waals surface area contributed by atoms with Crippen LogP contribution in [0.2, 0.25) is 0 Å². The van der Waals surface area contributed by atoms with Crippen molar-refractivity contribution in [3.05, 3.63) is 35.8 Å². The fourth-order valence-corrected chi connectivity index (χ4v) is 4.31. The number of carbonyl (C=O) groups is 1. The number of rotatable bonds is 6. The Bertz CT molecular complexity index is 818. The molecule has 2 aromatic rings. The van der Waals surface area contributed by atoms with Crippen molar-refractivity contribution in [1.82, 2.24) is 19.6 Å². The molecule has 3 heterocycles. The molecule has 1 aliphatic rings. The lowest BCUT2D eigenvalue weighted by Gasteiger charge is -2.40. The second-order valence-electron chi connectivity index (χ2n) is 8.10. The smallest absolute Gasteiger partial charge is 0.320 e. The normalized spacial score (nSPS) is 20.3. The van der Waals surface area contributed by atoms with Crippen molar-refractivity contribution >= 4 is 22.6 Å². The zero-order valence-electron chi connectivity index (χ0n) is 17.3. The van der Waals surface area contributed by atoms with Crippen molar-refractivity contribution in [3.8, 4) is 5.75 Å². The lowest BCUT2D eigenvalue weighted by molar-refractivity contribution is 0.0233. The van der Waals surface area contributed by atoms with Crippen LogP contribution in [0, 0.1) is 6.92 Å². The molecule has 1 saturated heterocycles. The summed E-state index contributed by atoms with van der Waals surface area (Å²) in [4.78, 5) is 19.3. The Morgan fingerprint density at radius 3 is 2.83 bits per heavy atom. The minimum absolute atomic E-state index is 0.00551. The van der Waals surface area contributed by atoms with E-state index < -0.39 is 5.60 Å². The Balaban J connectivity index is 1.73. The molecule has 0 aliphatic carbocycles. The third kappa shape index (κ3) is 6.12. The van der Waals surface area contributed by atoms with Gasteiger partial charge in [-0.05, 0) is 56.9 Å². The summed E-state index contributed by atoms with van der Waals surface area (Å²) >= 11 is 1.26. The molecule has 3 N–H and O–H groups in total. The number of likely N-dealkylation sites (tertiary alicyclic amines) is 1. The maximum absolute atomic E-state index is 12.5. The van der Waals surface area contributed by atoms with E-state index >= 15 is 0 Å². The van der Waals surface area contributed by atoms with E-state index in [0.717, 1.165) is 29.4 Å². The van der Waals surface area contributed by atoms with Gasteiger partial charge in [0.1, 0.15) is 10.8 Å². The molecular formula is C20H29N5O3S. The third-order valence-electron chi connectivity index (χ3n) is 4.86. The summed E-state index contributed by atoms with van der Waals surface area (Å²) in [6.07, 6.45) is 2.46. The molecule has 0 aromatic carbocycles. The highest BCUT2D eigenvalue weighted by Gasteiger charge is 2.34. The van der Waals surface area contributed by atoms with Crippen LogP contribution in [0.5, 0.6) is 5.75 Å². The monoisotopic (exact) mass is 419 g/mol. The number of anilines is 1. The topological polar surface area (TPSA) is 99.6 Å². The highest BCUT2D eigenvalue weighted by Crippen LogP contribution is 2.28. The van der Waals surface area contributed by atoms with E-state index in [4.69, 9.17) is 4.74 Å². The van der Waals surface area contributed by atoms with Gasteiger partial charge in [0.15, 0.2) is 0 Å². The molecule has 2 aromatic heterocycles. The number of piperidine rings is 1. The fourth-order valence-electron chi connectivity index (χ4n) is 3.65. The molecule has 2 atom stereocenters. The Hall–Kier alpha value is -2.23. The maximum Gasteiger partial charge on any atom is 0.320 e. The Labute approximate surface area is 175 Å². The quantitative estimate of drug-likeness (QED) is 0.666. The number of hydrogen-bond donors (Lipinski definition) is 3. The van der Waals surface area contributed by atoms with Crippen LogP contribution < -0.4 is 15.4 Å². The molecular weight excluding hydrogens is 390 g/mol. The van der Waals surface area contributed by atoms with Gasteiger partial charge >= 0.3 is 6.03 Å².